The molecule has 0 aliphatic carbocycles. The molecule has 6 heteroatoms. The van der Waals surface area contributed by atoms with Crippen LogP contribution in [0.4, 0.5) is 0 Å². The van der Waals surface area contributed by atoms with Crippen LogP contribution in [0.2, 0.25) is 0 Å². The molecule has 5 nitrogen and oxygen atoms in total. The van der Waals surface area contributed by atoms with Crippen molar-refractivity contribution in [2.45, 2.75) is 39.2 Å². The molecule has 1 aromatic rings. The van der Waals surface area contributed by atoms with Gasteiger partial charge in [-0.1, -0.05) is 29.8 Å². The summed E-state index contributed by atoms with van der Waals surface area (Å²) in [7, 11) is 0. The molecule has 0 amide bonds. The minimum absolute atomic E-state index is 0. The fourth-order valence-corrected chi connectivity index (χ4v) is 4.00. The summed E-state index contributed by atoms with van der Waals surface area (Å²) in [5, 5.41) is 13.9. The number of hydrogen-bond donors (Lipinski definition) is 2. The topological polar surface area (TPSA) is 51.1 Å². The Morgan fingerprint density at radius 3 is 2.59 bits per heavy atom. The van der Waals surface area contributed by atoms with E-state index in [9.17, 15) is 5.11 Å². The maximum absolute atomic E-state index is 10.5. The van der Waals surface area contributed by atoms with E-state index in [0.29, 0.717) is 6.54 Å². The lowest BCUT2D eigenvalue weighted by Gasteiger charge is -2.23. The average molecular weight is 486 g/mol. The van der Waals surface area contributed by atoms with Gasteiger partial charge in [0, 0.05) is 26.2 Å². The van der Waals surface area contributed by atoms with Crippen molar-refractivity contribution in [3.8, 4) is 0 Å². The first kappa shape index (κ1) is 22.4. The summed E-state index contributed by atoms with van der Waals surface area (Å²) >= 11 is 0. The van der Waals surface area contributed by atoms with Crippen LogP contribution in [-0.2, 0) is 0 Å². The highest BCUT2D eigenvalue weighted by Crippen LogP contribution is 2.20. The predicted molar refractivity (Wildman–Crippen MR) is 123 cm³/mol. The van der Waals surface area contributed by atoms with Crippen molar-refractivity contribution in [2.24, 2.45) is 10.9 Å². The Morgan fingerprint density at radius 1 is 1.22 bits per heavy atom. The van der Waals surface area contributed by atoms with Crippen LogP contribution in [0, 0.1) is 12.8 Å². The maximum Gasteiger partial charge on any atom is 0.194 e. The molecule has 2 unspecified atom stereocenters. The first-order chi connectivity index (χ1) is 12.7. The summed E-state index contributed by atoms with van der Waals surface area (Å²) < 4.78 is 0. The molecule has 0 bridgehead atoms. The van der Waals surface area contributed by atoms with Crippen molar-refractivity contribution in [3.05, 3.63) is 35.4 Å². The Hall–Kier alpha value is -0.860. The van der Waals surface area contributed by atoms with Crippen molar-refractivity contribution >= 4 is 29.9 Å². The van der Waals surface area contributed by atoms with E-state index in [1.807, 2.05) is 24.3 Å². The quantitative estimate of drug-likeness (QED) is 0.369. The molecule has 0 spiro atoms. The third kappa shape index (κ3) is 6.61. The first-order valence-electron chi connectivity index (χ1n) is 10.2. The number of aliphatic hydroxyl groups is 1. The molecule has 2 aliphatic heterocycles. The number of aliphatic imine (C=N–C) groups is 1. The summed E-state index contributed by atoms with van der Waals surface area (Å²) in [6, 6.07) is 8.06. The second kappa shape index (κ2) is 11.2. The van der Waals surface area contributed by atoms with Crippen LogP contribution >= 0.6 is 24.0 Å². The van der Waals surface area contributed by atoms with Crippen LogP contribution in [0.25, 0.3) is 0 Å². The van der Waals surface area contributed by atoms with Gasteiger partial charge in [0.25, 0.3) is 0 Å². The fraction of sp³-hybridized carbons (Fsp3) is 0.667. The summed E-state index contributed by atoms with van der Waals surface area (Å²) in [4.78, 5) is 9.71. The SMILES string of the molecule is CCNC(=NCC(O)c1ccc(C)cc1)N1CCC(CN2CCCC2)C1.I. The highest BCUT2D eigenvalue weighted by atomic mass is 127. The largest absolute Gasteiger partial charge is 0.386 e. The number of aryl methyl sites for hydroxylation is 1. The maximum atomic E-state index is 10.5. The van der Waals surface area contributed by atoms with E-state index < -0.39 is 6.10 Å². The molecule has 0 aromatic heterocycles. The Morgan fingerprint density at radius 2 is 1.93 bits per heavy atom. The molecule has 2 aliphatic rings. The van der Waals surface area contributed by atoms with E-state index in [4.69, 9.17) is 4.99 Å². The van der Waals surface area contributed by atoms with Gasteiger partial charge in [-0.2, -0.15) is 0 Å². The highest BCUT2D eigenvalue weighted by molar-refractivity contribution is 14.0. The smallest absolute Gasteiger partial charge is 0.194 e. The molecule has 152 valence electrons. The van der Waals surface area contributed by atoms with Crippen molar-refractivity contribution < 1.29 is 5.11 Å². The second-order valence-electron chi connectivity index (χ2n) is 7.73. The number of aliphatic hydroxyl groups excluding tert-OH is 1. The van der Waals surface area contributed by atoms with Gasteiger partial charge in [0.2, 0.25) is 0 Å². The molecule has 0 radical (unpaired) electrons. The molecule has 2 atom stereocenters. The van der Waals surface area contributed by atoms with Gasteiger partial charge in [0.1, 0.15) is 0 Å². The molecule has 1 aromatic carbocycles. The van der Waals surface area contributed by atoms with Crippen molar-refractivity contribution in [1.82, 2.24) is 15.1 Å². The summed E-state index contributed by atoms with van der Waals surface area (Å²) in [5.74, 6) is 1.68. The first-order valence-corrected chi connectivity index (χ1v) is 10.2. The monoisotopic (exact) mass is 486 g/mol. The van der Waals surface area contributed by atoms with E-state index in [2.05, 4.69) is 29.0 Å². The standard InChI is InChI=1S/C21H34N4O.HI/c1-3-22-21(23-14-20(26)19-8-6-17(2)7-9-19)25-13-10-18(16-25)15-24-11-4-5-12-24;/h6-9,18,20,26H,3-5,10-16H2,1-2H3,(H,22,23);1H. The lowest BCUT2D eigenvalue weighted by Crippen LogP contribution is -2.41. The number of nitrogens with one attached hydrogen (secondary N) is 1. The second-order valence-corrected chi connectivity index (χ2v) is 7.73. The molecule has 27 heavy (non-hydrogen) atoms. The molecule has 2 saturated heterocycles. The van der Waals surface area contributed by atoms with Crippen LogP contribution in [0.15, 0.2) is 29.3 Å². The Balaban J connectivity index is 0.00000261. The van der Waals surface area contributed by atoms with E-state index in [1.54, 1.807) is 0 Å². The molecule has 3 rings (SSSR count). The van der Waals surface area contributed by atoms with Crippen molar-refractivity contribution in [1.29, 1.82) is 0 Å². The zero-order valence-corrected chi connectivity index (χ0v) is 19.1. The van der Waals surface area contributed by atoms with Gasteiger partial charge in [-0.15, -0.1) is 24.0 Å². The van der Waals surface area contributed by atoms with Gasteiger partial charge in [0.15, 0.2) is 5.96 Å². The number of hydrogen-bond acceptors (Lipinski definition) is 3. The van der Waals surface area contributed by atoms with Gasteiger partial charge >= 0.3 is 0 Å². The number of nitrogens with zero attached hydrogens (tertiary/aromatic N) is 3. The minimum Gasteiger partial charge on any atom is -0.386 e. The van der Waals surface area contributed by atoms with Gasteiger partial charge in [0.05, 0.1) is 12.6 Å². The molecule has 0 saturated carbocycles. The van der Waals surface area contributed by atoms with Gasteiger partial charge in [-0.25, -0.2) is 0 Å². The van der Waals surface area contributed by atoms with Crippen molar-refractivity contribution in [3.63, 3.8) is 0 Å². The minimum atomic E-state index is -0.549. The number of benzene rings is 1. The van der Waals surface area contributed by atoms with Gasteiger partial charge in [-0.05, 0) is 57.7 Å². The van der Waals surface area contributed by atoms with Crippen LogP contribution in [0.3, 0.4) is 0 Å². The number of halogens is 1. The third-order valence-electron chi connectivity index (χ3n) is 5.51. The molecule has 2 N–H and O–H groups in total. The summed E-state index contributed by atoms with van der Waals surface area (Å²) in [6.07, 6.45) is 3.41. The Bertz CT molecular complexity index is 586. The molecular weight excluding hydrogens is 451 g/mol. The normalized spacial score (nSPS) is 22.0. The van der Waals surface area contributed by atoms with Crippen LogP contribution < -0.4 is 5.32 Å². The highest BCUT2D eigenvalue weighted by Gasteiger charge is 2.27. The number of guanidine groups is 1. The third-order valence-corrected chi connectivity index (χ3v) is 5.51. The molecule has 2 heterocycles. The zero-order valence-electron chi connectivity index (χ0n) is 16.7. The zero-order chi connectivity index (χ0) is 18.4. The lowest BCUT2D eigenvalue weighted by molar-refractivity contribution is 0.186. The van der Waals surface area contributed by atoms with E-state index in [1.165, 1.54) is 44.5 Å². The van der Waals surface area contributed by atoms with Crippen LogP contribution in [0.1, 0.15) is 43.4 Å². The summed E-state index contributed by atoms with van der Waals surface area (Å²) in [5.41, 5.74) is 2.14. The fourth-order valence-electron chi connectivity index (χ4n) is 4.00. The van der Waals surface area contributed by atoms with Crippen molar-refractivity contribution in [2.75, 3.05) is 45.8 Å². The van der Waals surface area contributed by atoms with Crippen LogP contribution in [0.5, 0.6) is 0 Å². The molecular formula is C21H35IN4O. The van der Waals surface area contributed by atoms with Crippen LogP contribution in [-0.4, -0.2) is 66.7 Å². The van der Waals surface area contributed by atoms with E-state index in [-0.39, 0.29) is 24.0 Å². The number of rotatable bonds is 6. The molecule has 2 fully saturated rings. The average Bonchev–Trinajstić information content (AvgIpc) is 3.31. The Kier molecular flexibility index (Phi) is 9.32. The lowest BCUT2D eigenvalue weighted by atomic mass is 10.1. The Labute approximate surface area is 181 Å². The van der Waals surface area contributed by atoms with Gasteiger partial charge in [-0.3, -0.25) is 4.99 Å². The summed E-state index contributed by atoms with van der Waals surface area (Å²) in [6.45, 7) is 11.3. The van der Waals surface area contributed by atoms with E-state index in [0.717, 1.165) is 37.1 Å². The number of likely N-dealkylation sites (tertiary alicyclic amines) is 2. The van der Waals surface area contributed by atoms with E-state index >= 15 is 0 Å². The van der Waals surface area contributed by atoms with Gasteiger partial charge < -0.3 is 20.2 Å². The predicted octanol–water partition coefficient (Wildman–Crippen LogP) is 3.03.